The second-order valence-electron chi connectivity index (χ2n) is 6.44. The SMILES string of the molecule is CC(C)n1cc(C(O)C2(CN)Cc3ccccc3C2)cn1. The third kappa shape index (κ3) is 2.39. The van der Waals surface area contributed by atoms with Gasteiger partial charge in [-0.2, -0.15) is 5.10 Å². The van der Waals surface area contributed by atoms with Crippen LogP contribution in [0.4, 0.5) is 0 Å². The fraction of sp³-hybridized carbons (Fsp3) is 0.471. The summed E-state index contributed by atoms with van der Waals surface area (Å²) in [4.78, 5) is 0. The van der Waals surface area contributed by atoms with E-state index in [-0.39, 0.29) is 5.41 Å². The normalized spacial score (nSPS) is 18.0. The van der Waals surface area contributed by atoms with Gasteiger partial charge < -0.3 is 10.8 Å². The molecule has 4 heteroatoms. The zero-order chi connectivity index (χ0) is 15.0. The topological polar surface area (TPSA) is 64.1 Å². The molecular formula is C17H23N3O. The Morgan fingerprint density at radius 3 is 2.38 bits per heavy atom. The summed E-state index contributed by atoms with van der Waals surface area (Å²) in [6.45, 7) is 4.62. The van der Waals surface area contributed by atoms with Crippen molar-refractivity contribution in [1.29, 1.82) is 0 Å². The van der Waals surface area contributed by atoms with Gasteiger partial charge in [-0.1, -0.05) is 24.3 Å². The van der Waals surface area contributed by atoms with Crippen molar-refractivity contribution in [3.8, 4) is 0 Å². The van der Waals surface area contributed by atoms with Crippen molar-refractivity contribution >= 4 is 0 Å². The highest BCUT2D eigenvalue weighted by Gasteiger charge is 2.43. The lowest BCUT2D eigenvalue weighted by atomic mass is 9.77. The molecule has 0 spiro atoms. The van der Waals surface area contributed by atoms with E-state index in [1.54, 1.807) is 6.20 Å². The summed E-state index contributed by atoms with van der Waals surface area (Å²) >= 11 is 0. The lowest BCUT2D eigenvalue weighted by Gasteiger charge is -2.32. The molecule has 1 aliphatic carbocycles. The predicted octanol–water partition coefficient (Wildman–Crippen LogP) is 2.24. The van der Waals surface area contributed by atoms with Gasteiger partial charge in [0.25, 0.3) is 0 Å². The van der Waals surface area contributed by atoms with Crippen molar-refractivity contribution in [2.45, 2.75) is 38.8 Å². The van der Waals surface area contributed by atoms with Crippen LogP contribution in [0.3, 0.4) is 0 Å². The van der Waals surface area contributed by atoms with Crippen LogP contribution in [0, 0.1) is 5.41 Å². The summed E-state index contributed by atoms with van der Waals surface area (Å²) in [5, 5.41) is 15.2. The number of nitrogens with two attached hydrogens (primary N) is 1. The number of fused-ring (bicyclic) bond motifs is 1. The largest absolute Gasteiger partial charge is 0.388 e. The van der Waals surface area contributed by atoms with Gasteiger partial charge in [0.15, 0.2) is 0 Å². The van der Waals surface area contributed by atoms with Crippen LogP contribution in [0.25, 0.3) is 0 Å². The number of aliphatic hydroxyl groups is 1. The molecule has 0 saturated carbocycles. The molecule has 0 radical (unpaired) electrons. The van der Waals surface area contributed by atoms with Crippen LogP contribution in [0.2, 0.25) is 0 Å². The van der Waals surface area contributed by atoms with Crippen molar-refractivity contribution in [2.75, 3.05) is 6.54 Å². The second-order valence-corrected chi connectivity index (χ2v) is 6.44. The average molecular weight is 285 g/mol. The molecule has 0 fully saturated rings. The van der Waals surface area contributed by atoms with Crippen LogP contribution >= 0.6 is 0 Å². The molecule has 4 nitrogen and oxygen atoms in total. The molecule has 3 rings (SSSR count). The van der Waals surface area contributed by atoms with Gasteiger partial charge in [-0.3, -0.25) is 4.68 Å². The Balaban J connectivity index is 1.90. The van der Waals surface area contributed by atoms with Gasteiger partial charge in [0.1, 0.15) is 0 Å². The zero-order valence-corrected chi connectivity index (χ0v) is 12.7. The van der Waals surface area contributed by atoms with Crippen molar-refractivity contribution < 1.29 is 5.11 Å². The third-order valence-corrected chi connectivity index (χ3v) is 4.66. The molecule has 1 aromatic carbocycles. The highest BCUT2D eigenvalue weighted by molar-refractivity contribution is 5.36. The molecule has 0 aliphatic heterocycles. The molecule has 1 aromatic heterocycles. The molecule has 1 atom stereocenters. The molecular weight excluding hydrogens is 262 g/mol. The third-order valence-electron chi connectivity index (χ3n) is 4.66. The van der Waals surface area contributed by atoms with Crippen LogP contribution in [0.1, 0.15) is 42.7 Å². The van der Waals surface area contributed by atoms with Crippen LogP contribution in [-0.4, -0.2) is 21.4 Å². The van der Waals surface area contributed by atoms with Crippen molar-refractivity contribution in [2.24, 2.45) is 11.1 Å². The van der Waals surface area contributed by atoms with E-state index >= 15 is 0 Å². The molecule has 112 valence electrons. The number of hydrogen-bond donors (Lipinski definition) is 2. The fourth-order valence-electron chi connectivity index (χ4n) is 3.30. The molecule has 0 saturated heterocycles. The molecule has 1 unspecified atom stereocenters. The maximum Gasteiger partial charge on any atom is 0.0895 e. The van der Waals surface area contributed by atoms with Gasteiger partial charge in [0.05, 0.1) is 12.3 Å². The van der Waals surface area contributed by atoms with E-state index in [1.165, 1.54) is 11.1 Å². The molecule has 2 aromatic rings. The number of hydrogen-bond acceptors (Lipinski definition) is 3. The minimum atomic E-state index is -0.581. The quantitative estimate of drug-likeness (QED) is 0.905. The lowest BCUT2D eigenvalue weighted by Crippen LogP contribution is -2.37. The van der Waals surface area contributed by atoms with Gasteiger partial charge >= 0.3 is 0 Å². The Labute approximate surface area is 125 Å². The van der Waals surface area contributed by atoms with Gasteiger partial charge in [0.2, 0.25) is 0 Å². The van der Waals surface area contributed by atoms with Crippen molar-refractivity contribution in [3.05, 3.63) is 53.3 Å². The molecule has 0 bridgehead atoms. The predicted molar refractivity (Wildman–Crippen MR) is 82.9 cm³/mol. The first-order chi connectivity index (χ1) is 10.1. The van der Waals surface area contributed by atoms with E-state index < -0.39 is 6.10 Å². The van der Waals surface area contributed by atoms with E-state index in [9.17, 15) is 5.11 Å². The summed E-state index contributed by atoms with van der Waals surface area (Å²) in [6, 6.07) is 8.66. The van der Waals surface area contributed by atoms with E-state index in [0.717, 1.165) is 18.4 Å². The smallest absolute Gasteiger partial charge is 0.0895 e. The Morgan fingerprint density at radius 1 is 1.29 bits per heavy atom. The summed E-state index contributed by atoms with van der Waals surface area (Å²) in [5.74, 6) is 0. The first-order valence-electron chi connectivity index (χ1n) is 7.55. The van der Waals surface area contributed by atoms with Crippen molar-refractivity contribution in [3.63, 3.8) is 0 Å². The lowest BCUT2D eigenvalue weighted by molar-refractivity contribution is 0.0357. The Bertz CT molecular complexity index is 607. The maximum absolute atomic E-state index is 10.9. The first kappa shape index (κ1) is 14.3. The van der Waals surface area contributed by atoms with Crippen LogP contribution < -0.4 is 5.73 Å². The van der Waals surface area contributed by atoms with E-state index in [1.807, 2.05) is 10.9 Å². The van der Waals surface area contributed by atoms with E-state index in [0.29, 0.717) is 12.6 Å². The maximum atomic E-state index is 10.9. The Morgan fingerprint density at radius 2 is 1.90 bits per heavy atom. The van der Waals surface area contributed by atoms with Crippen LogP contribution in [0.5, 0.6) is 0 Å². The standard InChI is InChI=1S/C17H23N3O/c1-12(2)20-10-15(9-19-20)16(21)17(11-18)7-13-5-3-4-6-14(13)8-17/h3-6,9-10,12,16,21H,7-8,11,18H2,1-2H3. The van der Waals surface area contributed by atoms with Gasteiger partial charge in [-0.25, -0.2) is 0 Å². The first-order valence-corrected chi connectivity index (χ1v) is 7.55. The number of aromatic nitrogens is 2. The zero-order valence-electron chi connectivity index (χ0n) is 12.7. The minimum Gasteiger partial charge on any atom is -0.388 e. The van der Waals surface area contributed by atoms with Gasteiger partial charge in [0, 0.05) is 29.8 Å². The number of nitrogens with zero attached hydrogens (tertiary/aromatic N) is 2. The Hall–Kier alpha value is -1.65. The molecule has 3 N–H and O–H groups in total. The van der Waals surface area contributed by atoms with Gasteiger partial charge in [-0.05, 0) is 37.8 Å². The monoisotopic (exact) mass is 285 g/mol. The molecule has 1 heterocycles. The van der Waals surface area contributed by atoms with Crippen LogP contribution in [0.15, 0.2) is 36.7 Å². The van der Waals surface area contributed by atoms with Crippen LogP contribution in [-0.2, 0) is 12.8 Å². The molecule has 21 heavy (non-hydrogen) atoms. The summed E-state index contributed by atoms with van der Waals surface area (Å²) in [6.07, 6.45) is 4.78. The highest BCUT2D eigenvalue weighted by atomic mass is 16.3. The van der Waals surface area contributed by atoms with Gasteiger partial charge in [-0.15, -0.1) is 0 Å². The minimum absolute atomic E-state index is 0.292. The van der Waals surface area contributed by atoms with Crippen molar-refractivity contribution in [1.82, 2.24) is 9.78 Å². The molecule has 1 aliphatic rings. The number of rotatable bonds is 4. The number of aliphatic hydroxyl groups excluding tert-OH is 1. The number of benzene rings is 1. The Kier molecular flexibility index (Phi) is 3.59. The highest BCUT2D eigenvalue weighted by Crippen LogP contribution is 2.45. The summed E-state index contributed by atoms with van der Waals surface area (Å²) in [7, 11) is 0. The van der Waals surface area contributed by atoms with E-state index in [4.69, 9.17) is 5.73 Å². The summed E-state index contributed by atoms with van der Waals surface area (Å²) < 4.78 is 1.88. The molecule has 0 amide bonds. The average Bonchev–Trinajstić information content (AvgIpc) is 3.11. The fourth-order valence-corrected chi connectivity index (χ4v) is 3.30. The summed E-state index contributed by atoms with van der Waals surface area (Å²) in [5.41, 5.74) is 9.23. The van der Waals surface area contributed by atoms with E-state index in [2.05, 4.69) is 43.2 Å². The second kappa shape index (κ2) is 5.28.